The van der Waals surface area contributed by atoms with Crippen LogP contribution in [0.4, 0.5) is 0 Å². The van der Waals surface area contributed by atoms with Crippen LogP contribution in [0.2, 0.25) is 0 Å². The highest BCUT2D eigenvalue weighted by atomic mass is 16.4. The van der Waals surface area contributed by atoms with Gasteiger partial charge in [0, 0.05) is 25.7 Å². The molecular weight excluding hydrogens is 222 g/mol. The maximum Gasteiger partial charge on any atom is 0.305 e. The maximum atomic E-state index is 11.1. The summed E-state index contributed by atoms with van der Waals surface area (Å²) in [6.07, 6.45) is 2.31. The number of carbonyl (C=O) groups is 2. The van der Waals surface area contributed by atoms with E-state index < -0.39 is 12.0 Å². The van der Waals surface area contributed by atoms with Crippen LogP contribution in [0.5, 0.6) is 0 Å². The second-order valence-corrected chi connectivity index (χ2v) is 3.91. The van der Waals surface area contributed by atoms with Gasteiger partial charge in [-0.05, 0) is 6.42 Å². The standard InChI is InChI=1S/C11H17N3O3/c1-4-9-8(6-14(3)13-9)10(5-11(16)17)12-7(2)15/h6,10H,4-5H2,1-3H3,(H,12,15)(H,16,17). The lowest BCUT2D eigenvalue weighted by molar-refractivity contribution is -0.137. The first-order chi connectivity index (χ1) is 7.93. The van der Waals surface area contributed by atoms with Gasteiger partial charge in [-0.2, -0.15) is 5.10 Å². The minimum absolute atomic E-state index is 0.141. The van der Waals surface area contributed by atoms with E-state index in [4.69, 9.17) is 5.11 Å². The predicted octanol–water partition coefficient (Wildman–Crippen LogP) is 0.634. The van der Waals surface area contributed by atoms with E-state index >= 15 is 0 Å². The van der Waals surface area contributed by atoms with Crippen LogP contribution in [0, 0.1) is 0 Å². The van der Waals surface area contributed by atoms with Crippen LogP contribution < -0.4 is 5.32 Å². The summed E-state index contributed by atoms with van der Waals surface area (Å²) in [4.78, 5) is 21.9. The molecule has 0 spiro atoms. The normalized spacial score (nSPS) is 12.2. The van der Waals surface area contributed by atoms with E-state index in [0.717, 1.165) is 11.3 Å². The minimum Gasteiger partial charge on any atom is -0.481 e. The number of hydrogen-bond donors (Lipinski definition) is 2. The van der Waals surface area contributed by atoms with Gasteiger partial charge in [0.05, 0.1) is 18.2 Å². The maximum absolute atomic E-state index is 11.1. The number of nitrogens with one attached hydrogen (secondary N) is 1. The Labute approximate surface area is 99.6 Å². The van der Waals surface area contributed by atoms with E-state index in [0.29, 0.717) is 6.42 Å². The molecule has 0 aliphatic rings. The average Bonchev–Trinajstić information content (AvgIpc) is 2.57. The van der Waals surface area contributed by atoms with E-state index in [1.165, 1.54) is 6.92 Å². The number of aryl methyl sites for hydroxylation is 2. The third-order valence-corrected chi connectivity index (χ3v) is 2.40. The molecule has 17 heavy (non-hydrogen) atoms. The first-order valence-electron chi connectivity index (χ1n) is 5.45. The molecule has 0 radical (unpaired) electrons. The van der Waals surface area contributed by atoms with E-state index in [2.05, 4.69) is 10.4 Å². The molecule has 0 aliphatic heterocycles. The zero-order valence-electron chi connectivity index (χ0n) is 10.2. The second kappa shape index (κ2) is 5.47. The molecule has 0 bridgehead atoms. The van der Waals surface area contributed by atoms with E-state index in [1.807, 2.05) is 6.92 Å². The van der Waals surface area contributed by atoms with Crippen molar-refractivity contribution in [3.63, 3.8) is 0 Å². The summed E-state index contributed by atoms with van der Waals surface area (Å²) in [6, 6.07) is -0.520. The van der Waals surface area contributed by atoms with Crippen molar-refractivity contribution in [2.45, 2.75) is 32.7 Å². The molecule has 0 aliphatic carbocycles. The summed E-state index contributed by atoms with van der Waals surface area (Å²) in [6.45, 7) is 3.31. The minimum atomic E-state index is -0.949. The molecule has 0 aromatic carbocycles. The Bertz CT molecular complexity index is 410. The third-order valence-electron chi connectivity index (χ3n) is 2.40. The van der Waals surface area contributed by atoms with Gasteiger partial charge in [-0.25, -0.2) is 0 Å². The summed E-state index contributed by atoms with van der Waals surface area (Å²) < 4.78 is 1.63. The largest absolute Gasteiger partial charge is 0.481 e. The molecule has 1 unspecified atom stereocenters. The molecule has 1 rings (SSSR count). The van der Waals surface area contributed by atoms with Crippen molar-refractivity contribution < 1.29 is 14.7 Å². The Morgan fingerprint density at radius 2 is 2.24 bits per heavy atom. The number of hydrogen-bond acceptors (Lipinski definition) is 3. The molecule has 1 aromatic rings. The summed E-state index contributed by atoms with van der Waals surface area (Å²) in [5, 5.41) is 15.7. The Hall–Kier alpha value is -1.85. The predicted molar refractivity (Wildman–Crippen MR) is 61.4 cm³/mol. The number of amides is 1. The van der Waals surface area contributed by atoms with Crippen LogP contribution >= 0.6 is 0 Å². The Balaban J connectivity index is 3.01. The molecule has 6 heteroatoms. The van der Waals surface area contributed by atoms with Crippen molar-refractivity contribution in [2.75, 3.05) is 0 Å². The van der Waals surface area contributed by atoms with E-state index in [1.54, 1.807) is 17.9 Å². The van der Waals surface area contributed by atoms with E-state index in [-0.39, 0.29) is 12.3 Å². The number of aromatic nitrogens is 2. The van der Waals surface area contributed by atoms with Crippen LogP contribution in [0.3, 0.4) is 0 Å². The lowest BCUT2D eigenvalue weighted by Gasteiger charge is -2.15. The second-order valence-electron chi connectivity index (χ2n) is 3.91. The number of nitrogens with zero attached hydrogens (tertiary/aromatic N) is 2. The SMILES string of the molecule is CCc1nn(C)cc1C(CC(=O)O)NC(C)=O. The summed E-state index contributed by atoms with van der Waals surface area (Å²) in [7, 11) is 1.77. The first-order valence-corrected chi connectivity index (χ1v) is 5.45. The van der Waals surface area contributed by atoms with Crippen molar-refractivity contribution >= 4 is 11.9 Å². The molecule has 2 N–H and O–H groups in total. The highest BCUT2D eigenvalue weighted by Crippen LogP contribution is 2.20. The highest BCUT2D eigenvalue weighted by molar-refractivity contribution is 5.75. The summed E-state index contributed by atoms with van der Waals surface area (Å²) >= 11 is 0. The first kappa shape index (κ1) is 13.2. The molecule has 94 valence electrons. The van der Waals surface area contributed by atoms with Gasteiger partial charge < -0.3 is 10.4 Å². The fourth-order valence-electron chi connectivity index (χ4n) is 1.78. The van der Waals surface area contributed by atoms with Gasteiger partial charge in [0.25, 0.3) is 0 Å². The zero-order valence-corrected chi connectivity index (χ0v) is 10.2. The number of carbonyl (C=O) groups excluding carboxylic acids is 1. The van der Waals surface area contributed by atoms with Gasteiger partial charge in [-0.15, -0.1) is 0 Å². The Morgan fingerprint density at radius 3 is 2.71 bits per heavy atom. The van der Waals surface area contributed by atoms with Crippen molar-refractivity contribution in [1.82, 2.24) is 15.1 Å². The Kier molecular flexibility index (Phi) is 4.25. The van der Waals surface area contributed by atoms with E-state index in [9.17, 15) is 9.59 Å². The quantitative estimate of drug-likeness (QED) is 0.789. The zero-order chi connectivity index (χ0) is 13.0. The summed E-state index contributed by atoms with van der Waals surface area (Å²) in [5.41, 5.74) is 1.58. The number of rotatable bonds is 5. The number of carboxylic acid groups (broad SMARTS) is 1. The number of aliphatic carboxylic acids is 1. The smallest absolute Gasteiger partial charge is 0.305 e. The molecule has 1 heterocycles. The number of carboxylic acids is 1. The highest BCUT2D eigenvalue weighted by Gasteiger charge is 2.21. The molecule has 1 aromatic heterocycles. The molecule has 1 atom stereocenters. The van der Waals surface area contributed by atoms with Crippen molar-refractivity contribution in [3.05, 3.63) is 17.5 Å². The van der Waals surface area contributed by atoms with Gasteiger partial charge in [0.15, 0.2) is 0 Å². The van der Waals surface area contributed by atoms with Crippen molar-refractivity contribution in [3.8, 4) is 0 Å². The molecular formula is C11H17N3O3. The van der Waals surface area contributed by atoms with Gasteiger partial charge in [0.1, 0.15) is 0 Å². The van der Waals surface area contributed by atoms with Gasteiger partial charge in [-0.1, -0.05) is 6.92 Å². The van der Waals surface area contributed by atoms with Gasteiger partial charge in [-0.3, -0.25) is 14.3 Å². The van der Waals surface area contributed by atoms with Gasteiger partial charge >= 0.3 is 5.97 Å². The third kappa shape index (κ3) is 3.58. The van der Waals surface area contributed by atoms with Gasteiger partial charge in [0.2, 0.25) is 5.91 Å². The average molecular weight is 239 g/mol. The van der Waals surface area contributed by atoms with Crippen LogP contribution in [-0.2, 0) is 23.1 Å². The van der Waals surface area contributed by atoms with Crippen LogP contribution in [0.1, 0.15) is 37.6 Å². The topological polar surface area (TPSA) is 84.2 Å². The molecule has 0 saturated heterocycles. The molecule has 1 amide bonds. The van der Waals surface area contributed by atoms with Crippen molar-refractivity contribution in [1.29, 1.82) is 0 Å². The monoisotopic (exact) mass is 239 g/mol. The lowest BCUT2D eigenvalue weighted by atomic mass is 10.0. The fraction of sp³-hybridized carbons (Fsp3) is 0.545. The lowest BCUT2D eigenvalue weighted by Crippen LogP contribution is -2.28. The summed E-state index contributed by atoms with van der Waals surface area (Å²) in [5.74, 6) is -1.20. The van der Waals surface area contributed by atoms with Crippen LogP contribution in [0.25, 0.3) is 0 Å². The molecule has 0 saturated carbocycles. The molecule has 0 fully saturated rings. The fourth-order valence-corrected chi connectivity index (χ4v) is 1.78. The Morgan fingerprint density at radius 1 is 1.59 bits per heavy atom. The van der Waals surface area contributed by atoms with Crippen LogP contribution in [-0.4, -0.2) is 26.8 Å². The van der Waals surface area contributed by atoms with Crippen molar-refractivity contribution in [2.24, 2.45) is 7.05 Å². The van der Waals surface area contributed by atoms with Crippen LogP contribution in [0.15, 0.2) is 6.20 Å². The molecule has 6 nitrogen and oxygen atoms in total.